The van der Waals surface area contributed by atoms with Gasteiger partial charge in [-0.3, -0.25) is 4.79 Å². The monoisotopic (exact) mass is 367 g/mol. The minimum Gasteiger partial charge on any atom is -0.340 e. The SMILES string of the molecule is O=C(C1CCC(F)(F)CC1)N1CCCC1c1nc2ccc(Cl)cc2[nH]1. The van der Waals surface area contributed by atoms with Gasteiger partial charge in [0.25, 0.3) is 0 Å². The maximum absolute atomic E-state index is 13.4. The molecule has 1 amide bonds. The molecule has 134 valence electrons. The molecule has 1 unspecified atom stereocenters. The summed E-state index contributed by atoms with van der Waals surface area (Å²) in [4.78, 5) is 22.6. The highest BCUT2D eigenvalue weighted by atomic mass is 35.5. The highest BCUT2D eigenvalue weighted by Crippen LogP contribution is 2.39. The molecule has 7 heteroatoms. The summed E-state index contributed by atoms with van der Waals surface area (Å²) in [6.07, 6.45) is 1.89. The van der Waals surface area contributed by atoms with E-state index in [2.05, 4.69) is 9.97 Å². The summed E-state index contributed by atoms with van der Waals surface area (Å²) in [6.45, 7) is 0.661. The summed E-state index contributed by atoms with van der Waals surface area (Å²) < 4.78 is 26.7. The number of likely N-dealkylation sites (tertiary alicyclic amines) is 1. The van der Waals surface area contributed by atoms with Crippen molar-refractivity contribution in [2.24, 2.45) is 5.92 Å². The molecular formula is C18H20ClF2N3O. The number of benzene rings is 1. The number of fused-ring (bicyclic) bond motifs is 1. The van der Waals surface area contributed by atoms with Gasteiger partial charge in [0.2, 0.25) is 11.8 Å². The van der Waals surface area contributed by atoms with Crippen molar-refractivity contribution in [3.63, 3.8) is 0 Å². The predicted octanol–water partition coefficient (Wildman–Crippen LogP) is 4.71. The van der Waals surface area contributed by atoms with E-state index >= 15 is 0 Å². The van der Waals surface area contributed by atoms with E-state index in [1.165, 1.54) is 0 Å². The van der Waals surface area contributed by atoms with Crippen molar-refractivity contribution in [1.82, 2.24) is 14.9 Å². The van der Waals surface area contributed by atoms with Crippen LogP contribution in [0, 0.1) is 5.92 Å². The van der Waals surface area contributed by atoms with Crippen LogP contribution in [0.5, 0.6) is 0 Å². The van der Waals surface area contributed by atoms with Crippen LogP contribution < -0.4 is 0 Å². The van der Waals surface area contributed by atoms with Gasteiger partial charge in [-0.15, -0.1) is 0 Å². The Bertz CT molecular complexity index is 797. The largest absolute Gasteiger partial charge is 0.340 e. The fourth-order valence-electron chi connectivity index (χ4n) is 4.00. The highest BCUT2D eigenvalue weighted by molar-refractivity contribution is 6.31. The molecule has 1 saturated heterocycles. The van der Waals surface area contributed by atoms with Gasteiger partial charge < -0.3 is 9.88 Å². The first-order valence-electron chi connectivity index (χ1n) is 8.76. The van der Waals surface area contributed by atoms with Gasteiger partial charge in [-0.1, -0.05) is 11.6 Å². The standard InChI is InChI=1S/C18H20ClF2N3O/c19-12-3-4-13-14(10-12)23-16(22-13)15-2-1-9-24(15)17(25)11-5-7-18(20,21)8-6-11/h3-4,10-11,15H,1-2,5-9H2,(H,22,23). The highest BCUT2D eigenvalue weighted by Gasteiger charge is 2.41. The Kier molecular flexibility index (Phi) is 4.18. The number of nitrogens with zero attached hydrogens (tertiary/aromatic N) is 2. The lowest BCUT2D eigenvalue weighted by atomic mass is 9.85. The number of imidazole rings is 1. The van der Waals surface area contributed by atoms with Crippen molar-refractivity contribution in [1.29, 1.82) is 0 Å². The van der Waals surface area contributed by atoms with Gasteiger partial charge in [0, 0.05) is 30.3 Å². The second kappa shape index (κ2) is 6.24. The molecule has 1 aromatic heterocycles. The average Bonchev–Trinajstić information content (AvgIpc) is 3.20. The number of H-pyrrole nitrogens is 1. The number of halogens is 3. The van der Waals surface area contributed by atoms with E-state index in [4.69, 9.17) is 11.6 Å². The normalized spacial score (nSPS) is 24.1. The van der Waals surface area contributed by atoms with E-state index in [1.54, 1.807) is 6.07 Å². The Hall–Kier alpha value is -1.69. The summed E-state index contributed by atoms with van der Waals surface area (Å²) in [6, 6.07) is 5.34. The van der Waals surface area contributed by atoms with Crippen LogP contribution in [0.4, 0.5) is 8.78 Å². The summed E-state index contributed by atoms with van der Waals surface area (Å²) >= 11 is 6.02. The predicted molar refractivity (Wildman–Crippen MR) is 91.7 cm³/mol. The van der Waals surface area contributed by atoms with E-state index in [0.717, 1.165) is 29.7 Å². The first kappa shape index (κ1) is 16.8. The van der Waals surface area contributed by atoms with E-state index < -0.39 is 5.92 Å². The van der Waals surface area contributed by atoms with Gasteiger partial charge in [-0.05, 0) is 43.9 Å². The number of rotatable bonds is 2. The Morgan fingerprint density at radius 3 is 2.80 bits per heavy atom. The number of hydrogen-bond donors (Lipinski definition) is 1. The molecule has 2 fully saturated rings. The van der Waals surface area contributed by atoms with Crippen LogP contribution in [0.15, 0.2) is 18.2 Å². The van der Waals surface area contributed by atoms with Crippen molar-refractivity contribution in [2.45, 2.75) is 50.5 Å². The molecule has 4 rings (SSSR count). The number of amides is 1. The van der Waals surface area contributed by atoms with Gasteiger partial charge in [0.05, 0.1) is 17.1 Å². The van der Waals surface area contributed by atoms with Gasteiger partial charge in [0.15, 0.2) is 0 Å². The van der Waals surface area contributed by atoms with Crippen LogP contribution in [0.2, 0.25) is 5.02 Å². The topological polar surface area (TPSA) is 49.0 Å². The number of alkyl halides is 2. The molecule has 1 N–H and O–H groups in total. The lowest BCUT2D eigenvalue weighted by molar-refractivity contribution is -0.140. The summed E-state index contributed by atoms with van der Waals surface area (Å²) in [5.41, 5.74) is 1.66. The van der Waals surface area contributed by atoms with Gasteiger partial charge in [-0.2, -0.15) is 0 Å². The Morgan fingerprint density at radius 2 is 2.04 bits per heavy atom. The maximum Gasteiger partial charge on any atom is 0.248 e. The summed E-state index contributed by atoms with van der Waals surface area (Å²) in [5.74, 6) is -2.15. The molecule has 2 aromatic rings. The van der Waals surface area contributed by atoms with Gasteiger partial charge in [0.1, 0.15) is 5.82 Å². The number of carbonyl (C=O) groups is 1. The third-order valence-electron chi connectivity index (χ3n) is 5.38. The number of aromatic nitrogens is 2. The first-order valence-corrected chi connectivity index (χ1v) is 9.14. The fourth-order valence-corrected chi connectivity index (χ4v) is 4.17. The molecule has 1 saturated carbocycles. The van der Waals surface area contributed by atoms with E-state index in [0.29, 0.717) is 11.6 Å². The molecule has 0 radical (unpaired) electrons. The first-order chi connectivity index (χ1) is 11.9. The molecular weight excluding hydrogens is 348 g/mol. The third kappa shape index (κ3) is 3.24. The zero-order valence-corrected chi connectivity index (χ0v) is 14.5. The second-order valence-corrected chi connectivity index (χ2v) is 7.54. The molecule has 2 aliphatic rings. The van der Waals surface area contributed by atoms with Crippen molar-refractivity contribution in [3.8, 4) is 0 Å². The van der Waals surface area contributed by atoms with Crippen molar-refractivity contribution >= 4 is 28.5 Å². The van der Waals surface area contributed by atoms with Crippen LogP contribution in [0.25, 0.3) is 11.0 Å². The third-order valence-corrected chi connectivity index (χ3v) is 5.62. The fraction of sp³-hybridized carbons (Fsp3) is 0.556. The minimum absolute atomic E-state index is 0.00325. The van der Waals surface area contributed by atoms with Crippen molar-refractivity contribution in [2.75, 3.05) is 6.54 Å². The van der Waals surface area contributed by atoms with E-state index in [-0.39, 0.29) is 43.6 Å². The van der Waals surface area contributed by atoms with E-state index in [1.807, 2.05) is 17.0 Å². The smallest absolute Gasteiger partial charge is 0.248 e. The zero-order valence-electron chi connectivity index (χ0n) is 13.8. The molecule has 1 atom stereocenters. The lowest BCUT2D eigenvalue weighted by Crippen LogP contribution is -2.39. The maximum atomic E-state index is 13.4. The van der Waals surface area contributed by atoms with Crippen molar-refractivity contribution < 1.29 is 13.6 Å². The summed E-state index contributed by atoms with van der Waals surface area (Å²) in [7, 11) is 0. The number of carbonyl (C=O) groups excluding carboxylic acids is 1. The van der Waals surface area contributed by atoms with Crippen LogP contribution in [-0.4, -0.2) is 33.2 Å². The van der Waals surface area contributed by atoms with Crippen LogP contribution in [0.3, 0.4) is 0 Å². The Balaban J connectivity index is 1.54. The lowest BCUT2D eigenvalue weighted by Gasteiger charge is -2.32. The molecule has 1 aliphatic heterocycles. The molecule has 1 aliphatic carbocycles. The molecule has 2 heterocycles. The van der Waals surface area contributed by atoms with Crippen LogP contribution in [0.1, 0.15) is 50.4 Å². The number of hydrogen-bond acceptors (Lipinski definition) is 2. The van der Waals surface area contributed by atoms with Gasteiger partial charge in [-0.25, -0.2) is 13.8 Å². The van der Waals surface area contributed by atoms with Crippen molar-refractivity contribution in [3.05, 3.63) is 29.0 Å². The molecule has 1 aromatic carbocycles. The quantitative estimate of drug-likeness (QED) is 0.836. The van der Waals surface area contributed by atoms with Crippen LogP contribution in [-0.2, 0) is 4.79 Å². The molecule has 0 spiro atoms. The summed E-state index contributed by atoms with van der Waals surface area (Å²) in [5, 5.41) is 0.630. The minimum atomic E-state index is -2.61. The average molecular weight is 368 g/mol. The van der Waals surface area contributed by atoms with Gasteiger partial charge >= 0.3 is 0 Å². The Labute approximate surface area is 149 Å². The zero-order chi connectivity index (χ0) is 17.6. The van der Waals surface area contributed by atoms with Crippen LogP contribution >= 0.6 is 11.6 Å². The second-order valence-electron chi connectivity index (χ2n) is 7.10. The molecule has 0 bridgehead atoms. The number of aromatic amines is 1. The number of nitrogens with one attached hydrogen (secondary N) is 1. The molecule has 4 nitrogen and oxygen atoms in total. The molecule has 25 heavy (non-hydrogen) atoms. The Morgan fingerprint density at radius 1 is 1.28 bits per heavy atom. The van der Waals surface area contributed by atoms with E-state index in [9.17, 15) is 13.6 Å².